The fourth-order valence-electron chi connectivity index (χ4n) is 1.37. The van der Waals surface area contributed by atoms with Crippen molar-refractivity contribution in [1.82, 2.24) is 0 Å². The summed E-state index contributed by atoms with van der Waals surface area (Å²) in [5.41, 5.74) is 0.861. The second kappa shape index (κ2) is 7.30. The lowest BCUT2D eigenvalue weighted by Gasteiger charge is -2.11. The van der Waals surface area contributed by atoms with E-state index in [1.807, 2.05) is 12.1 Å². The standard InChI is InChI=1S/C12H16Br2O2/c1-2-3-4-5-16-12-10(13)6-9(8-15)7-11(12)14/h6-7,15H,2-5,8H2,1H3. The van der Waals surface area contributed by atoms with Crippen molar-refractivity contribution in [2.75, 3.05) is 6.61 Å². The van der Waals surface area contributed by atoms with Crippen molar-refractivity contribution in [3.8, 4) is 5.75 Å². The van der Waals surface area contributed by atoms with E-state index in [0.717, 1.165) is 33.3 Å². The van der Waals surface area contributed by atoms with Crippen molar-refractivity contribution in [3.63, 3.8) is 0 Å². The Morgan fingerprint density at radius 3 is 2.31 bits per heavy atom. The molecular formula is C12H16Br2O2. The van der Waals surface area contributed by atoms with E-state index in [9.17, 15) is 0 Å². The summed E-state index contributed by atoms with van der Waals surface area (Å²) in [5, 5.41) is 9.04. The van der Waals surface area contributed by atoms with Crippen molar-refractivity contribution in [3.05, 3.63) is 26.6 Å². The van der Waals surface area contributed by atoms with Gasteiger partial charge in [0.05, 0.1) is 22.2 Å². The monoisotopic (exact) mass is 350 g/mol. The van der Waals surface area contributed by atoms with Crippen LogP contribution < -0.4 is 4.74 Å². The maximum Gasteiger partial charge on any atom is 0.147 e. The van der Waals surface area contributed by atoms with Gasteiger partial charge in [0.1, 0.15) is 5.75 Å². The normalized spacial score (nSPS) is 10.5. The van der Waals surface area contributed by atoms with Gasteiger partial charge in [-0.25, -0.2) is 0 Å². The molecule has 0 aliphatic heterocycles. The summed E-state index contributed by atoms with van der Waals surface area (Å²) in [4.78, 5) is 0. The summed E-state index contributed by atoms with van der Waals surface area (Å²) in [6, 6.07) is 3.75. The van der Waals surface area contributed by atoms with Gasteiger partial charge in [0.25, 0.3) is 0 Å². The lowest BCUT2D eigenvalue weighted by atomic mass is 10.2. The van der Waals surface area contributed by atoms with Gasteiger partial charge in [-0.1, -0.05) is 19.8 Å². The number of halogens is 2. The number of hydrogen-bond acceptors (Lipinski definition) is 2. The fraction of sp³-hybridized carbons (Fsp3) is 0.500. The Kier molecular flexibility index (Phi) is 6.39. The molecular weight excluding hydrogens is 336 g/mol. The maximum absolute atomic E-state index is 9.04. The van der Waals surface area contributed by atoms with E-state index in [-0.39, 0.29) is 6.61 Å². The topological polar surface area (TPSA) is 29.5 Å². The van der Waals surface area contributed by atoms with E-state index in [2.05, 4.69) is 38.8 Å². The minimum absolute atomic E-state index is 0.0350. The largest absolute Gasteiger partial charge is 0.491 e. The van der Waals surface area contributed by atoms with Gasteiger partial charge >= 0.3 is 0 Å². The predicted octanol–water partition coefficient (Wildman–Crippen LogP) is 4.27. The SMILES string of the molecule is CCCCCOc1c(Br)cc(CO)cc1Br. The Labute approximate surface area is 113 Å². The van der Waals surface area contributed by atoms with E-state index in [0.29, 0.717) is 0 Å². The van der Waals surface area contributed by atoms with Crippen LogP contribution in [0, 0.1) is 0 Å². The molecule has 4 heteroatoms. The first-order chi connectivity index (χ1) is 7.69. The first-order valence-corrected chi connectivity index (χ1v) is 6.99. The van der Waals surface area contributed by atoms with E-state index >= 15 is 0 Å². The molecule has 1 rings (SSSR count). The van der Waals surface area contributed by atoms with Crippen molar-refractivity contribution in [1.29, 1.82) is 0 Å². The molecule has 0 bridgehead atoms. The first-order valence-electron chi connectivity index (χ1n) is 5.40. The zero-order chi connectivity index (χ0) is 12.0. The van der Waals surface area contributed by atoms with Crippen LogP contribution in [0.15, 0.2) is 21.1 Å². The Morgan fingerprint density at radius 2 is 1.81 bits per heavy atom. The van der Waals surface area contributed by atoms with Crippen molar-refractivity contribution in [2.24, 2.45) is 0 Å². The van der Waals surface area contributed by atoms with Crippen LogP contribution in [0.25, 0.3) is 0 Å². The summed E-state index contributed by atoms with van der Waals surface area (Å²) >= 11 is 6.88. The van der Waals surface area contributed by atoms with Crippen LogP contribution in [0.4, 0.5) is 0 Å². The summed E-state index contributed by atoms with van der Waals surface area (Å²) in [7, 11) is 0. The molecule has 0 atom stereocenters. The predicted molar refractivity (Wildman–Crippen MR) is 72.8 cm³/mol. The summed E-state index contributed by atoms with van der Waals surface area (Å²) in [6.07, 6.45) is 3.44. The Bertz CT molecular complexity index is 317. The average Bonchev–Trinajstić information content (AvgIpc) is 2.26. The van der Waals surface area contributed by atoms with E-state index < -0.39 is 0 Å². The van der Waals surface area contributed by atoms with Gasteiger partial charge in [-0.2, -0.15) is 0 Å². The molecule has 0 radical (unpaired) electrons. The molecule has 0 spiro atoms. The number of aliphatic hydroxyl groups is 1. The fourth-order valence-corrected chi connectivity index (χ4v) is 2.88. The third-order valence-electron chi connectivity index (χ3n) is 2.23. The van der Waals surface area contributed by atoms with E-state index in [1.165, 1.54) is 12.8 Å². The van der Waals surface area contributed by atoms with Gasteiger partial charge in [0.2, 0.25) is 0 Å². The average molecular weight is 352 g/mol. The lowest BCUT2D eigenvalue weighted by molar-refractivity contribution is 0.280. The Balaban J connectivity index is 2.65. The molecule has 0 saturated heterocycles. The first kappa shape index (κ1) is 14.0. The lowest BCUT2D eigenvalue weighted by Crippen LogP contribution is -1.99. The second-order valence-corrected chi connectivity index (χ2v) is 5.31. The molecule has 0 heterocycles. The molecule has 2 nitrogen and oxygen atoms in total. The van der Waals surface area contributed by atoms with Crippen LogP contribution in [0.5, 0.6) is 5.75 Å². The zero-order valence-electron chi connectivity index (χ0n) is 9.30. The third-order valence-corrected chi connectivity index (χ3v) is 3.41. The van der Waals surface area contributed by atoms with Crippen LogP contribution in [-0.4, -0.2) is 11.7 Å². The highest BCUT2D eigenvalue weighted by Gasteiger charge is 2.08. The zero-order valence-corrected chi connectivity index (χ0v) is 12.5. The van der Waals surface area contributed by atoms with Crippen molar-refractivity contribution >= 4 is 31.9 Å². The molecule has 0 saturated carbocycles. The van der Waals surface area contributed by atoms with Gasteiger partial charge in [-0.3, -0.25) is 0 Å². The quantitative estimate of drug-likeness (QED) is 0.775. The maximum atomic E-state index is 9.04. The van der Waals surface area contributed by atoms with Crippen molar-refractivity contribution in [2.45, 2.75) is 32.8 Å². The van der Waals surface area contributed by atoms with Gasteiger partial charge in [-0.15, -0.1) is 0 Å². The number of hydrogen-bond donors (Lipinski definition) is 1. The molecule has 0 fully saturated rings. The Hall–Kier alpha value is -0.0600. The number of ether oxygens (including phenoxy) is 1. The molecule has 0 aliphatic carbocycles. The molecule has 1 aromatic carbocycles. The highest BCUT2D eigenvalue weighted by molar-refractivity contribution is 9.11. The van der Waals surface area contributed by atoms with Gasteiger partial charge in [0, 0.05) is 0 Å². The van der Waals surface area contributed by atoms with Crippen molar-refractivity contribution < 1.29 is 9.84 Å². The molecule has 0 aromatic heterocycles. The highest BCUT2D eigenvalue weighted by atomic mass is 79.9. The van der Waals surface area contributed by atoms with Crippen LogP contribution >= 0.6 is 31.9 Å². The van der Waals surface area contributed by atoms with Gasteiger partial charge < -0.3 is 9.84 Å². The highest BCUT2D eigenvalue weighted by Crippen LogP contribution is 2.34. The molecule has 16 heavy (non-hydrogen) atoms. The summed E-state index contributed by atoms with van der Waals surface area (Å²) < 4.78 is 7.45. The third kappa shape index (κ3) is 4.07. The smallest absolute Gasteiger partial charge is 0.147 e. The van der Waals surface area contributed by atoms with Crippen LogP contribution in [-0.2, 0) is 6.61 Å². The van der Waals surface area contributed by atoms with E-state index in [1.54, 1.807) is 0 Å². The molecule has 0 aliphatic rings. The van der Waals surface area contributed by atoms with Crippen LogP contribution in [0.2, 0.25) is 0 Å². The molecule has 0 amide bonds. The molecule has 1 aromatic rings. The molecule has 90 valence electrons. The van der Waals surface area contributed by atoms with Gasteiger partial charge in [-0.05, 0) is 56.0 Å². The van der Waals surface area contributed by atoms with E-state index in [4.69, 9.17) is 9.84 Å². The minimum Gasteiger partial charge on any atom is -0.491 e. The molecule has 0 unspecified atom stereocenters. The number of aliphatic hydroxyl groups excluding tert-OH is 1. The molecule has 1 N–H and O–H groups in total. The van der Waals surface area contributed by atoms with Gasteiger partial charge in [0.15, 0.2) is 0 Å². The number of benzene rings is 1. The summed E-state index contributed by atoms with van der Waals surface area (Å²) in [6.45, 7) is 2.93. The Morgan fingerprint density at radius 1 is 1.19 bits per heavy atom. The second-order valence-electron chi connectivity index (χ2n) is 3.60. The minimum atomic E-state index is 0.0350. The van der Waals surface area contributed by atoms with Crippen LogP contribution in [0.3, 0.4) is 0 Å². The number of unbranched alkanes of at least 4 members (excludes halogenated alkanes) is 2. The number of rotatable bonds is 6. The van der Waals surface area contributed by atoms with Crippen LogP contribution in [0.1, 0.15) is 31.7 Å². The summed E-state index contributed by atoms with van der Waals surface area (Å²) in [5.74, 6) is 0.813.